The molecule has 0 unspecified atom stereocenters. The third-order valence-electron chi connectivity index (χ3n) is 8.15. The number of amides is 1. The molecule has 0 bridgehead atoms. The number of nitrogens with one attached hydrogen (secondary N) is 2. The van der Waals surface area contributed by atoms with Crippen molar-refractivity contribution in [3.8, 4) is 0 Å². The first-order valence-electron chi connectivity index (χ1n) is 14.7. The number of hydrogen-bond donors (Lipinski definition) is 2. The van der Waals surface area contributed by atoms with E-state index in [1.54, 1.807) is 0 Å². The Morgan fingerprint density at radius 3 is 2.48 bits per heavy atom. The maximum absolute atomic E-state index is 15.4. The average molecular weight is 582 g/mol. The number of halogens is 2. The summed E-state index contributed by atoms with van der Waals surface area (Å²) in [4.78, 5) is 27.9. The maximum Gasteiger partial charge on any atom is 0.234 e. The van der Waals surface area contributed by atoms with Crippen molar-refractivity contribution < 1.29 is 23.0 Å². The van der Waals surface area contributed by atoms with Crippen molar-refractivity contribution in [2.75, 3.05) is 93.9 Å². The monoisotopic (exact) mass is 581 g/mol. The zero-order valence-corrected chi connectivity index (χ0v) is 23.9. The molecular formula is C30H37F2N7O3. The highest BCUT2D eigenvalue weighted by Crippen LogP contribution is 2.38. The summed E-state index contributed by atoms with van der Waals surface area (Å²) < 4.78 is 41.0. The van der Waals surface area contributed by atoms with Gasteiger partial charge in [0, 0.05) is 57.1 Å². The van der Waals surface area contributed by atoms with E-state index in [-0.39, 0.29) is 16.8 Å². The standard InChI is InChI=1S/C30H37F2N7O3/c1-20-24(3-2-5-37-6-4-33-27(40)19-37)35-25-16-21(31)15-23(32)28(25)29(20)36-26-17-22(38-7-11-41-12-8-38)18-34-30(26)39-9-13-42-14-10-39/h15-18H,2-14,19H2,1H3,(H,33,40)(H,35,36). The number of carbonyl (C=O) groups is 1. The van der Waals surface area contributed by atoms with Crippen LogP contribution in [0.2, 0.25) is 0 Å². The van der Waals surface area contributed by atoms with E-state index < -0.39 is 11.6 Å². The predicted molar refractivity (Wildman–Crippen MR) is 158 cm³/mol. The Labute approximate surface area is 244 Å². The number of aromatic nitrogens is 2. The lowest BCUT2D eigenvalue weighted by Crippen LogP contribution is -2.47. The van der Waals surface area contributed by atoms with Crippen LogP contribution in [0.4, 0.5) is 31.7 Å². The number of anilines is 4. The van der Waals surface area contributed by atoms with Gasteiger partial charge in [-0.15, -0.1) is 0 Å². The summed E-state index contributed by atoms with van der Waals surface area (Å²) >= 11 is 0. The van der Waals surface area contributed by atoms with Gasteiger partial charge in [0.25, 0.3) is 0 Å². The predicted octanol–water partition coefficient (Wildman–Crippen LogP) is 3.00. The molecule has 6 rings (SSSR count). The largest absolute Gasteiger partial charge is 0.378 e. The van der Waals surface area contributed by atoms with Crippen LogP contribution in [0.3, 0.4) is 0 Å². The van der Waals surface area contributed by atoms with Crippen LogP contribution in [0.1, 0.15) is 17.7 Å². The number of morpholine rings is 2. The first-order valence-corrected chi connectivity index (χ1v) is 14.7. The van der Waals surface area contributed by atoms with Crippen LogP contribution >= 0.6 is 0 Å². The number of aryl methyl sites for hydroxylation is 1. The topological polar surface area (TPSA) is 95.1 Å². The smallest absolute Gasteiger partial charge is 0.234 e. The summed E-state index contributed by atoms with van der Waals surface area (Å²) in [6, 6.07) is 4.24. The number of benzene rings is 1. The molecule has 10 nitrogen and oxygen atoms in total. The molecule has 3 aliphatic heterocycles. The molecule has 3 saturated heterocycles. The second-order valence-corrected chi connectivity index (χ2v) is 11.0. The summed E-state index contributed by atoms with van der Waals surface area (Å²) in [5.41, 5.74) is 4.07. The molecule has 0 aliphatic carbocycles. The van der Waals surface area contributed by atoms with Gasteiger partial charge in [0.2, 0.25) is 5.91 Å². The number of piperazine rings is 1. The Morgan fingerprint density at radius 2 is 1.74 bits per heavy atom. The van der Waals surface area contributed by atoms with Crippen molar-refractivity contribution in [1.29, 1.82) is 0 Å². The number of carbonyl (C=O) groups excluding carboxylic acids is 1. The number of hydrogen-bond acceptors (Lipinski definition) is 9. The number of rotatable bonds is 8. The van der Waals surface area contributed by atoms with Gasteiger partial charge in [-0.05, 0) is 37.9 Å². The van der Waals surface area contributed by atoms with Gasteiger partial charge in [-0.2, -0.15) is 0 Å². The normalized spacial score (nSPS) is 18.4. The highest BCUT2D eigenvalue weighted by molar-refractivity contribution is 5.97. The summed E-state index contributed by atoms with van der Waals surface area (Å²) in [5.74, 6) is -0.549. The SMILES string of the molecule is Cc1c(CCCN2CCNC(=O)C2)nc2cc(F)cc(F)c2c1Nc1cc(N2CCOCC2)cnc1N1CCOCC1. The number of fused-ring (bicyclic) bond motifs is 1. The molecular weight excluding hydrogens is 544 g/mol. The minimum atomic E-state index is -0.669. The zero-order chi connectivity index (χ0) is 29.1. The molecule has 224 valence electrons. The Hall–Kier alpha value is -3.61. The Morgan fingerprint density at radius 1 is 1.00 bits per heavy atom. The molecule has 3 aromatic rings. The minimum Gasteiger partial charge on any atom is -0.378 e. The Balaban J connectivity index is 1.37. The van der Waals surface area contributed by atoms with Gasteiger partial charge in [0.15, 0.2) is 5.82 Å². The van der Waals surface area contributed by atoms with Crippen LogP contribution < -0.4 is 20.4 Å². The minimum absolute atomic E-state index is 0.0303. The van der Waals surface area contributed by atoms with E-state index in [0.29, 0.717) is 64.7 Å². The van der Waals surface area contributed by atoms with Gasteiger partial charge < -0.3 is 29.9 Å². The third kappa shape index (κ3) is 6.25. The highest BCUT2D eigenvalue weighted by Gasteiger charge is 2.23. The molecule has 3 aliphatic rings. The number of ether oxygens (including phenoxy) is 2. The van der Waals surface area contributed by atoms with Gasteiger partial charge in [0.1, 0.15) is 11.6 Å². The molecule has 0 saturated carbocycles. The lowest BCUT2D eigenvalue weighted by molar-refractivity contribution is -0.124. The third-order valence-corrected chi connectivity index (χ3v) is 8.15. The van der Waals surface area contributed by atoms with E-state index in [9.17, 15) is 9.18 Å². The summed E-state index contributed by atoms with van der Waals surface area (Å²) in [5, 5.41) is 6.63. The van der Waals surface area contributed by atoms with Crippen molar-refractivity contribution in [3.05, 3.63) is 47.3 Å². The van der Waals surface area contributed by atoms with Gasteiger partial charge in [-0.1, -0.05) is 0 Å². The Bertz CT molecular complexity index is 1440. The van der Waals surface area contributed by atoms with E-state index in [4.69, 9.17) is 19.4 Å². The first kappa shape index (κ1) is 28.5. The second kappa shape index (κ2) is 12.7. The van der Waals surface area contributed by atoms with E-state index in [0.717, 1.165) is 67.1 Å². The lowest BCUT2D eigenvalue weighted by Gasteiger charge is -2.32. The fraction of sp³-hybridized carbons (Fsp3) is 0.500. The van der Waals surface area contributed by atoms with Crippen LogP contribution in [-0.4, -0.2) is 99.6 Å². The molecule has 5 heterocycles. The molecule has 42 heavy (non-hydrogen) atoms. The van der Waals surface area contributed by atoms with Crippen LogP contribution in [0.5, 0.6) is 0 Å². The van der Waals surface area contributed by atoms with Gasteiger partial charge in [-0.3, -0.25) is 14.7 Å². The fourth-order valence-electron chi connectivity index (χ4n) is 5.90. The van der Waals surface area contributed by atoms with Crippen LogP contribution in [-0.2, 0) is 20.7 Å². The number of pyridine rings is 2. The maximum atomic E-state index is 15.4. The van der Waals surface area contributed by atoms with E-state index in [1.165, 1.54) is 6.07 Å². The molecule has 12 heteroatoms. The van der Waals surface area contributed by atoms with Crippen LogP contribution in [0, 0.1) is 18.6 Å². The van der Waals surface area contributed by atoms with Gasteiger partial charge in [0.05, 0.1) is 67.1 Å². The molecule has 2 N–H and O–H groups in total. The van der Waals surface area contributed by atoms with E-state index in [2.05, 4.69) is 31.4 Å². The van der Waals surface area contributed by atoms with Gasteiger partial charge in [-0.25, -0.2) is 13.8 Å². The molecule has 3 fully saturated rings. The lowest BCUT2D eigenvalue weighted by atomic mass is 10.0. The average Bonchev–Trinajstić information content (AvgIpc) is 3.00. The van der Waals surface area contributed by atoms with E-state index in [1.807, 2.05) is 13.1 Å². The highest BCUT2D eigenvalue weighted by atomic mass is 19.1. The Kier molecular flexibility index (Phi) is 8.63. The zero-order valence-electron chi connectivity index (χ0n) is 23.9. The molecule has 1 amide bonds. The summed E-state index contributed by atoms with van der Waals surface area (Å²) in [6.45, 7) is 9.85. The molecule has 0 spiro atoms. The van der Waals surface area contributed by atoms with Crippen molar-refractivity contribution in [2.45, 2.75) is 19.8 Å². The molecule has 2 aromatic heterocycles. The van der Waals surface area contributed by atoms with Crippen molar-refractivity contribution in [1.82, 2.24) is 20.2 Å². The van der Waals surface area contributed by atoms with E-state index >= 15 is 4.39 Å². The van der Waals surface area contributed by atoms with Crippen LogP contribution in [0.15, 0.2) is 24.4 Å². The van der Waals surface area contributed by atoms with Gasteiger partial charge >= 0.3 is 0 Å². The first-order chi connectivity index (χ1) is 20.5. The molecule has 0 radical (unpaired) electrons. The van der Waals surface area contributed by atoms with Crippen molar-refractivity contribution in [2.24, 2.45) is 0 Å². The summed E-state index contributed by atoms with van der Waals surface area (Å²) in [6.07, 6.45) is 3.24. The quantitative estimate of drug-likeness (QED) is 0.416. The van der Waals surface area contributed by atoms with Crippen molar-refractivity contribution >= 4 is 39.7 Å². The fourth-order valence-corrected chi connectivity index (χ4v) is 5.90. The summed E-state index contributed by atoms with van der Waals surface area (Å²) in [7, 11) is 0. The van der Waals surface area contributed by atoms with Crippen LogP contribution in [0.25, 0.3) is 10.9 Å². The molecule has 1 aromatic carbocycles. The molecule has 0 atom stereocenters. The second-order valence-electron chi connectivity index (χ2n) is 11.0. The number of nitrogens with zero attached hydrogens (tertiary/aromatic N) is 5. The van der Waals surface area contributed by atoms with Crippen molar-refractivity contribution in [3.63, 3.8) is 0 Å².